The molecule has 0 amide bonds. The van der Waals surface area contributed by atoms with Crippen molar-refractivity contribution >= 4 is 0 Å². The smallest absolute Gasteiger partial charge is 0.0708 e. The van der Waals surface area contributed by atoms with Crippen molar-refractivity contribution < 1.29 is 4.74 Å². The lowest BCUT2D eigenvalue weighted by molar-refractivity contribution is 0.0341. The molecular weight excluding hydrogens is 244 g/mol. The van der Waals surface area contributed by atoms with Crippen molar-refractivity contribution in [2.24, 2.45) is 0 Å². The average molecular weight is 266 g/mol. The van der Waals surface area contributed by atoms with Crippen molar-refractivity contribution in [1.82, 2.24) is 0 Å². The maximum atomic E-state index is 5.93. The lowest BCUT2D eigenvalue weighted by atomic mass is 9.73. The second-order valence-electron chi connectivity index (χ2n) is 5.67. The Labute approximate surface area is 121 Å². The van der Waals surface area contributed by atoms with Gasteiger partial charge in [-0.3, -0.25) is 0 Å². The van der Waals surface area contributed by atoms with Crippen LogP contribution in [-0.4, -0.2) is 13.2 Å². The van der Waals surface area contributed by atoms with E-state index in [1.54, 1.807) is 0 Å². The lowest BCUT2D eigenvalue weighted by Gasteiger charge is -2.38. The van der Waals surface area contributed by atoms with Crippen LogP contribution >= 0.6 is 0 Å². The summed E-state index contributed by atoms with van der Waals surface area (Å²) in [4.78, 5) is 0. The van der Waals surface area contributed by atoms with E-state index in [0.717, 1.165) is 0 Å². The molecule has 1 aliphatic rings. The zero-order valence-electron chi connectivity index (χ0n) is 12.0. The van der Waals surface area contributed by atoms with Gasteiger partial charge in [-0.15, -0.1) is 0 Å². The van der Waals surface area contributed by atoms with Crippen LogP contribution in [0.5, 0.6) is 0 Å². The summed E-state index contributed by atoms with van der Waals surface area (Å²) in [6.07, 6.45) is 4.02. The molecule has 104 valence electrons. The van der Waals surface area contributed by atoms with E-state index in [9.17, 15) is 0 Å². The first-order valence-corrected chi connectivity index (χ1v) is 7.53. The monoisotopic (exact) mass is 266 g/mol. The normalized spacial score (nSPS) is 26.4. The number of hydrogen-bond acceptors (Lipinski definition) is 1. The molecule has 2 unspecified atom stereocenters. The molecule has 0 heterocycles. The highest BCUT2D eigenvalue weighted by Crippen LogP contribution is 2.42. The van der Waals surface area contributed by atoms with E-state index >= 15 is 0 Å². The standard InChI is InChI=1S/C19H22O/c1-20-19-17(15-9-4-2-5-10-15)13-8-14-18(19)16-11-6-3-7-12-16/h2-7,9-12,17-19H,8,13-14H2,1H3. The van der Waals surface area contributed by atoms with Crippen molar-refractivity contribution in [3.05, 3.63) is 71.8 Å². The van der Waals surface area contributed by atoms with Gasteiger partial charge in [-0.05, 0) is 24.0 Å². The van der Waals surface area contributed by atoms with Gasteiger partial charge in [-0.1, -0.05) is 67.1 Å². The molecule has 0 aromatic heterocycles. The Balaban J connectivity index is 1.90. The predicted octanol–water partition coefficient (Wildman–Crippen LogP) is 4.75. The van der Waals surface area contributed by atoms with Gasteiger partial charge in [0.1, 0.15) is 0 Å². The topological polar surface area (TPSA) is 9.23 Å². The molecule has 1 saturated carbocycles. The minimum atomic E-state index is 0.286. The summed E-state index contributed by atoms with van der Waals surface area (Å²) >= 11 is 0. The Kier molecular flexibility index (Phi) is 4.17. The predicted molar refractivity (Wildman–Crippen MR) is 83.0 cm³/mol. The zero-order valence-corrected chi connectivity index (χ0v) is 12.0. The first-order valence-electron chi connectivity index (χ1n) is 7.53. The molecule has 0 aliphatic heterocycles. The van der Waals surface area contributed by atoms with Crippen LogP contribution in [0.15, 0.2) is 60.7 Å². The molecule has 2 aromatic rings. The van der Waals surface area contributed by atoms with Gasteiger partial charge < -0.3 is 4.74 Å². The maximum absolute atomic E-state index is 5.93. The van der Waals surface area contributed by atoms with Gasteiger partial charge in [0.25, 0.3) is 0 Å². The van der Waals surface area contributed by atoms with Crippen LogP contribution in [0.1, 0.15) is 42.2 Å². The number of rotatable bonds is 3. The van der Waals surface area contributed by atoms with E-state index in [2.05, 4.69) is 60.7 Å². The Morgan fingerprint density at radius 2 is 1.20 bits per heavy atom. The fourth-order valence-electron chi connectivity index (χ4n) is 3.61. The second-order valence-corrected chi connectivity index (χ2v) is 5.67. The van der Waals surface area contributed by atoms with Gasteiger partial charge in [0, 0.05) is 18.9 Å². The summed E-state index contributed by atoms with van der Waals surface area (Å²) in [7, 11) is 1.86. The molecule has 1 heteroatoms. The number of benzene rings is 2. The van der Waals surface area contributed by atoms with Gasteiger partial charge in [-0.2, -0.15) is 0 Å². The first kappa shape index (κ1) is 13.4. The van der Waals surface area contributed by atoms with Crippen molar-refractivity contribution in [3.63, 3.8) is 0 Å². The van der Waals surface area contributed by atoms with Crippen LogP contribution in [0, 0.1) is 0 Å². The lowest BCUT2D eigenvalue weighted by Crippen LogP contribution is -2.32. The van der Waals surface area contributed by atoms with Gasteiger partial charge in [-0.25, -0.2) is 0 Å². The SMILES string of the molecule is COC1C(c2ccccc2)CCCC1c1ccccc1. The highest BCUT2D eigenvalue weighted by atomic mass is 16.5. The van der Waals surface area contributed by atoms with Crippen molar-refractivity contribution in [3.8, 4) is 0 Å². The summed E-state index contributed by atoms with van der Waals surface area (Å²) < 4.78 is 5.93. The highest BCUT2D eigenvalue weighted by Gasteiger charge is 2.34. The average Bonchev–Trinajstić information content (AvgIpc) is 2.55. The molecule has 0 bridgehead atoms. The number of hydrogen-bond donors (Lipinski definition) is 0. The zero-order chi connectivity index (χ0) is 13.8. The van der Waals surface area contributed by atoms with Crippen molar-refractivity contribution in [1.29, 1.82) is 0 Å². The summed E-state index contributed by atoms with van der Waals surface area (Å²) in [5, 5.41) is 0. The van der Waals surface area contributed by atoms with Crippen molar-refractivity contribution in [2.75, 3.05) is 7.11 Å². The molecule has 1 nitrogen and oxygen atoms in total. The fourth-order valence-corrected chi connectivity index (χ4v) is 3.61. The minimum absolute atomic E-state index is 0.286. The molecule has 1 aliphatic carbocycles. The van der Waals surface area contributed by atoms with E-state index in [4.69, 9.17) is 4.74 Å². The second kappa shape index (κ2) is 6.23. The van der Waals surface area contributed by atoms with Crippen LogP contribution in [0.3, 0.4) is 0 Å². The van der Waals surface area contributed by atoms with E-state index in [1.165, 1.54) is 30.4 Å². The molecule has 1 fully saturated rings. The summed E-state index contributed by atoms with van der Waals surface area (Å²) in [5.41, 5.74) is 2.83. The quantitative estimate of drug-likeness (QED) is 0.778. The molecule has 0 spiro atoms. The van der Waals surface area contributed by atoms with E-state index in [0.29, 0.717) is 11.8 Å². The van der Waals surface area contributed by atoms with Crippen molar-refractivity contribution in [2.45, 2.75) is 37.2 Å². The van der Waals surface area contributed by atoms with E-state index in [1.807, 2.05) is 7.11 Å². The Morgan fingerprint density at radius 1 is 0.750 bits per heavy atom. The largest absolute Gasteiger partial charge is 0.380 e. The number of ether oxygens (including phenoxy) is 1. The van der Waals surface area contributed by atoms with Crippen LogP contribution in [0.2, 0.25) is 0 Å². The number of methoxy groups -OCH3 is 1. The molecule has 2 atom stereocenters. The van der Waals surface area contributed by atoms with Crippen LogP contribution in [-0.2, 0) is 4.74 Å². The molecular formula is C19H22O. The molecule has 3 rings (SSSR count). The van der Waals surface area contributed by atoms with E-state index < -0.39 is 0 Å². The third-order valence-corrected chi connectivity index (χ3v) is 4.55. The molecule has 0 saturated heterocycles. The Hall–Kier alpha value is -1.60. The molecule has 20 heavy (non-hydrogen) atoms. The van der Waals surface area contributed by atoms with Crippen LogP contribution < -0.4 is 0 Å². The summed E-state index contributed by atoms with van der Waals surface area (Å²) in [5.74, 6) is 1.03. The Bertz CT molecular complexity index is 472. The Morgan fingerprint density at radius 3 is 1.60 bits per heavy atom. The fraction of sp³-hybridized carbons (Fsp3) is 0.368. The van der Waals surface area contributed by atoms with E-state index in [-0.39, 0.29) is 6.10 Å². The third-order valence-electron chi connectivity index (χ3n) is 4.55. The van der Waals surface area contributed by atoms with Crippen LogP contribution in [0.4, 0.5) is 0 Å². The minimum Gasteiger partial charge on any atom is -0.380 e. The summed E-state index contributed by atoms with van der Waals surface area (Å²) in [6, 6.07) is 21.7. The van der Waals surface area contributed by atoms with Gasteiger partial charge in [0.05, 0.1) is 6.10 Å². The molecule has 0 radical (unpaired) electrons. The van der Waals surface area contributed by atoms with Gasteiger partial charge >= 0.3 is 0 Å². The summed E-state index contributed by atoms with van der Waals surface area (Å²) in [6.45, 7) is 0. The van der Waals surface area contributed by atoms with Gasteiger partial charge in [0.2, 0.25) is 0 Å². The maximum Gasteiger partial charge on any atom is 0.0708 e. The molecule has 0 N–H and O–H groups in total. The van der Waals surface area contributed by atoms with Crippen LogP contribution in [0.25, 0.3) is 0 Å². The highest BCUT2D eigenvalue weighted by molar-refractivity contribution is 5.27. The molecule has 2 aromatic carbocycles. The third kappa shape index (κ3) is 2.64. The van der Waals surface area contributed by atoms with Gasteiger partial charge in [0.15, 0.2) is 0 Å². The first-order chi connectivity index (χ1) is 9.90.